The van der Waals surface area contributed by atoms with Crippen molar-refractivity contribution in [3.05, 3.63) is 57.8 Å². The minimum Gasteiger partial charge on any atom is -0.241 e. The molecule has 0 unspecified atom stereocenters. The molecule has 0 radical (unpaired) electrons. The molecule has 2 heterocycles. The first-order valence-electron chi connectivity index (χ1n) is 6.66. The molecular weight excluding hydrogens is 288 g/mol. The molecule has 0 fully saturated rings. The van der Waals surface area contributed by atoms with Crippen molar-refractivity contribution in [3.63, 3.8) is 0 Å². The van der Waals surface area contributed by atoms with Gasteiger partial charge in [-0.2, -0.15) is 0 Å². The van der Waals surface area contributed by atoms with Gasteiger partial charge in [0.05, 0.1) is 5.69 Å². The molecule has 0 aliphatic heterocycles. The number of halogens is 1. The number of hydrogen-bond donors (Lipinski definition) is 0. The van der Waals surface area contributed by atoms with Crippen molar-refractivity contribution < 1.29 is 0 Å². The molecule has 0 saturated heterocycles. The van der Waals surface area contributed by atoms with Gasteiger partial charge in [0.25, 0.3) is 0 Å². The lowest BCUT2D eigenvalue weighted by molar-refractivity contribution is 0.802. The number of benzene rings is 1. The molecule has 0 saturated carbocycles. The topological polar surface area (TPSA) is 25.8 Å². The Balaban J connectivity index is 1.71. The Morgan fingerprint density at radius 2 is 1.90 bits per heavy atom. The van der Waals surface area contributed by atoms with E-state index in [1.54, 1.807) is 17.7 Å². The number of aromatic nitrogens is 2. The van der Waals surface area contributed by atoms with Gasteiger partial charge in [-0.1, -0.05) is 23.7 Å². The second-order valence-electron chi connectivity index (χ2n) is 4.90. The number of aryl methyl sites for hydroxylation is 3. The number of nitrogens with zero attached hydrogens (tertiary/aromatic N) is 2. The molecule has 3 rings (SSSR count). The maximum Gasteiger partial charge on any atom is 0.127 e. The van der Waals surface area contributed by atoms with Gasteiger partial charge in [-0.3, -0.25) is 0 Å². The Bertz CT molecular complexity index is 719. The van der Waals surface area contributed by atoms with Crippen molar-refractivity contribution in [3.8, 4) is 0 Å². The van der Waals surface area contributed by atoms with Gasteiger partial charge in [-0.05, 0) is 54.8 Å². The number of thiophene rings is 1. The lowest BCUT2D eigenvalue weighted by Crippen LogP contribution is -1.95. The van der Waals surface area contributed by atoms with Gasteiger partial charge in [0.1, 0.15) is 11.2 Å². The van der Waals surface area contributed by atoms with Crippen molar-refractivity contribution >= 4 is 33.2 Å². The Labute approximate surface area is 127 Å². The largest absolute Gasteiger partial charge is 0.241 e. The van der Waals surface area contributed by atoms with E-state index < -0.39 is 0 Å². The van der Waals surface area contributed by atoms with Crippen LogP contribution in [-0.2, 0) is 12.8 Å². The standard InChI is InChI=1S/C16H15ClN2S/c1-11-9-20-16-15(11)14(18-10-19-16)4-2-3-12-5-7-13(17)8-6-12/h5-10H,2-4H2,1H3. The highest BCUT2D eigenvalue weighted by molar-refractivity contribution is 7.16. The molecule has 2 aromatic heterocycles. The van der Waals surface area contributed by atoms with Gasteiger partial charge in [-0.25, -0.2) is 9.97 Å². The quantitative estimate of drug-likeness (QED) is 0.690. The van der Waals surface area contributed by atoms with Crippen molar-refractivity contribution in [1.29, 1.82) is 0 Å². The zero-order chi connectivity index (χ0) is 13.9. The monoisotopic (exact) mass is 302 g/mol. The fourth-order valence-electron chi connectivity index (χ4n) is 2.39. The van der Waals surface area contributed by atoms with Crippen LogP contribution in [0, 0.1) is 6.92 Å². The summed E-state index contributed by atoms with van der Waals surface area (Å²) < 4.78 is 0. The highest BCUT2D eigenvalue weighted by Crippen LogP contribution is 2.26. The molecule has 0 spiro atoms. The molecule has 2 nitrogen and oxygen atoms in total. The van der Waals surface area contributed by atoms with Crippen molar-refractivity contribution in [2.75, 3.05) is 0 Å². The lowest BCUT2D eigenvalue weighted by atomic mass is 10.0. The van der Waals surface area contributed by atoms with Gasteiger partial charge in [0.2, 0.25) is 0 Å². The summed E-state index contributed by atoms with van der Waals surface area (Å²) in [6.45, 7) is 2.13. The van der Waals surface area contributed by atoms with E-state index in [2.05, 4.69) is 34.4 Å². The van der Waals surface area contributed by atoms with Gasteiger partial charge in [0, 0.05) is 10.4 Å². The Morgan fingerprint density at radius 3 is 2.70 bits per heavy atom. The normalized spacial score (nSPS) is 11.1. The fourth-order valence-corrected chi connectivity index (χ4v) is 3.43. The molecule has 1 aromatic carbocycles. The van der Waals surface area contributed by atoms with Crippen LogP contribution in [0.15, 0.2) is 36.0 Å². The average Bonchev–Trinajstić information content (AvgIpc) is 2.84. The summed E-state index contributed by atoms with van der Waals surface area (Å²) in [6.07, 6.45) is 4.80. The Morgan fingerprint density at radius 1 is 1.10 bits per heavy atom. The molecule has 0 N–H and O–H groups in total. The van der Waals surface area contributed by atoms with Crippen molar-refractivity contribution in [2.24, 2.45) is 0 Å². The number of fused-ring (bicyclic) bond motifs is 1. The van der Waals surface area contributed by atoms with Crippen LogP contribution in [0.5, 0.6) is 0 Å². The second kappa shape index (κ2) is 5.90. The van der Waals surface area contributed by atoms with Crippen LogP contribution in [0.3, 0.4) is 0 Å². The van der Waals surface area contributed by atoms with Crippen LogP contribution in [-0.4, -0.2) is 9.97 Å². The van der Waals surface area contributed by atoms with Gasteiger partial charge < -0.3 is 0 Å². The first-order valence-corrected chi connectivity index (χ1v) is 7.92. The SMILES string of the molecule is Cc1csc2ncnc(CCCc3ccc(Cl)cc3)c12. The summed E-state index contributed by atoms with van der Waals surface area (Å²) in [5.41, 5.74) is 3.77. The molecule has 0 aliphatic rings. The predicted molar refractivity (Wildman–Crippen MR) is 85.6 cm³/mol. The maximum atomic E-state index is 5.90. The van der Waals surface area contributed by atoms with Crippen LogP contribution >= 0.6 is 22.9 Å². The smallest absolute Gasteiger partial charge is 0.127 e. The van der Waals surface area contributed by atoms with E-state index in [9.17, 15) is 0 Å². The van der Waals surface area contributed by atoms with Crippen molar-refractivity contribution in [1.82, 2.24) is 9.97 Å². The predicted octanol–water partition coefficient (Wildman–Crippen LogP) is 4.83. The molecule has 0 bridgehead atoms. The van der Waals surface area contributed by atoms with Crippen LogP contribution in [0.25, 0.3) is 10.2 Å². The van der Waals surface area contributed by atoms with E-state index in [4.69, 9.17) is 11.6 Å². The van der Waals surface area contributed by atoms with Crippen LogP contribution in [0.2, 0.25) is 5.02 Å². The lowest BCUT2D eigenvalue weighted by Gasteiger charge is -2.04. The van der Waals surface area contributed by atoms with Gasteiger partial charge in [0.15, 0.2) is 0 Å². The molecule has 102 valence electrons. The molecule has 0 amide bonds. The maximum absolute atomic E-state index is 5.90. The third-order valence-electron chi connectivity index (χ3n) is 3.42. The Kier molecular flexibility index (Phi) is 3.99. The van der Waals surface area contributed by atoms with E-state index in [0.717, 1.165) is 29.1 Å². The minimum absolute atomic E-state index is 0.792. The van der Waals surface area contributed by atoms with E-state index in [1.165, 1.54) is 22.2 Å². The highest BCUT2D eigenvalue weighted by atomic mass is 35.5. The first-order chi connectivity index (χ1) is 9.74. The summed E-state index contributed by atoms with van der Waals surface area (Å²) in [5.74, 6) is 0. The summed E-state index contributed by atoms with van der Waals surface area (Å²) in [7, 11) is 0. The Hall–Kier alpha value is -1.45. The average molecular weight is 303 g/mol. The minimum atomic E-state index is 0.792. The van der Waals surface area contributed by atoms with E-state index >= 15 is 0 Å². The first kappa shape index (κ1) is 13.5. The number of rotatable bonds is 4. The van der Waals surface area contributed by atoms with Crippen molar-refractivity contribution in [2.45, 2.75) is 26.2 Å². The van der Waals surface area contributed by atoms with Gasteiger partial charge >= 0.3 is 0 Å². The van der Waals surface area contributed by atoms with Crippen LogP contribution in [0.1, 0.15) is 23.2 Å². The summed E-state index contributed by atoms with van der Waals surface area (Å²) in [4.78, 5) is 9.89. The van der Waals surface area contributed by atoms with Crippen LogP contribution in [0.4, 0.5) is 0 Å². The van der Waals surface area contributed by atoms with E-state index in [1.807, 2.05) is 12.1 Å². The van der Waals surface area contributed by atoms with E-state index in [0.29, 0.717) is 0 Å². The zero-order valence-corrected chi connectivity index (χ0v) is 12.8. The highest BCUT2D eigenvalue weighted by Gasteiger charge is 2.08. The summed E-state index contributed by atoms with van der Waals surface area (Å²) >= 11 is 7.59. The summed E-state index contributed by atoms with van der Waals surface area (Å²) in [6, 6.07) is 8.08. The molecular formula is C16H15ClN2S. The molecule has 20 heavy (non-hydrogen) atoms. The molecule has 0 aliphatic carbocycles. The van der Waals surface area contributed by atoms with Gasteiger partial charge in [-0.15, -0.1) is 11.3 Å². The fraction of sp³-hybridized carbons (Fsp3) is 0.250. The zero-order valence-electron chi connectivity index (χ0n) is 11.3. The third kappa shape index (κ3) is 2.84. The third-order valence-corrected chi connectivity index (χ3v) is 4.68. The molecule has 0 atom stereocenters. The molecule has 4 heteroatoms. The number of hydrogen-bond acceptors (Lipinski definition) is 3. The molecule has 3 aromatic rings. The van der Waals surface area contributed by atoms with Crippen LogP contribution < -0.4 is 0 Å². The summed E-state index contributed by atoms with van der Waals surface area (Å²) in [5, 5.41) is 4.19. The second-order valence-corrected chi connectivity index (χ2v) is 6.19. The van der Waals surface area contributed by atoms with E-state index in [-0.39, 0.29) is 0 Å².